The molecule has 0 spiro atoms. The highest BCUT2D eigenvalue weighted by molar-refractivity contribution is 6.53. The first-order valence-corrected chi connectivity index (χ1v) is 4.61. The van der Waals surface area contributed by atoms with Crippen molar-refractivity contribution < 1.29 is 19.5 Å². The predicted octanol–water partition coefficient (Wildman–Crippen LogP) is 0.339. The second-order valence-electron chi connectivity index (χ2n) is 2.44. The lowest BCUT2D eigenvalue weighted by Crippen LogP contribution is -2.43. The maximum atomic E-state index is 10.9. The summed E-state index contributed by atoms with van der Waals surface area (Å²) in [5.74, 6) is -2.01. The van der Waals surface area contributed by atoms with Gasteiger partial charge in [-0.2, -0.15) is 0 Å². The van der Waals surface area contributed by atoms with E-state index in [1.54, 1.807) is 0 Å². The summed E-state index contributed by atoms with van der Waals surface area (Å²) in [7, 11) is 0. The molecule has 0 fully saturated rings. The fourth-order valence-electron chi connectivity index (χ4n) is 0.727. The molecule has 7 heteroatoms. The van der Waals surface area contributed by atoms with E-state index < -0.39 is 22.8 Å². The number of carboxylic acids is 1. The Bertz CT molecular complexity index is 232. The summed E-state index contributed by atoms with van der Waals surface area (Å²) >= 11 is 10.4. The zero-order valence-corrected chi connectivity index (χ0v) is 8.59. The number of rotatable bonds is 6. The zero-order chi connectivity index (χ0) is 11.1. The molecule has 0 saturated carbocycles. The largest absolute Gasteiger partial charge is 0.480 e. The van der Waals surface area contributed by atoms with Crippen LogP contribution >= 0.6 is 23.2 Å². The van der Waals surface area contributed by atoms with Crippen LogP contribution in [0.5, 0.6) is 0 Å². The Morgan fingerprint density at radius 1 is 1.43 bits per heavy atom. The van der Waals surface area contributed by atoms with E-state index in [9.17, 15) is 14.4 Å². The Morgan fingerprint density at radius 2 is 2.00 bits per heavy atom. The van der Waals surface area contributed by atoms with E-state index in [-0.39, 0.29) is 12.8 Å². The fourth-order valence-corrected chi connectivity index (χ4v) is 0.853. The van der Waals surface area contributed by atoms with Gasteiger partial charge < -0.3 is 15.2 Å². The van der Waals surface area contributed by atoms with Gasteiger partial charge in [0.2, 0.25) is 0 Å². The van der Waals surface area contributed by atoms with E-state index in [1.165, 1.54) is 0 Å². The Balaban J connectivity index is 4.15. The third-order valence-electron chi connectivity index (χ3n) is 1.39. The predicted molar refractivity (Wildman–Crippen MR) is 50.4 cm³/mol. The topological polar surface area (TPSA) is 83.5 Å². The van der Waals surface area contributed by atoms with Crippen molar-refractivity contribution in [2.45, 2.75) is 23.7 Å². The molecule has 0 aliphatic rings. The summed E-state index contributed by atoms with van der Waals surface area (Å²) in [4.78, 5) is 30.1. The Hall–Kier alpha value is -0.810. The van der Waals surface area contributed by atoms with Crippen LogP contribution in [0, 0.1) is 0 Å². The van der Waals surface area contributed by atoms with Crippen LogP contribution in [0.2, 0.25) is 0 Å². The third kappa shape index (κ3) is 5.04. The molecule has 0 saturated heterocycles. The van der Waals surface area contributed by atoms with Gasteiger partial charge in [0.25, 0.3) is 5.91 Å². The summed E-state index contributed by atoms with van der Waals surface area (Å²) in [6.07, 6.45) is 0.637. The molecule has 0 aliphatic carbocycles. The average molecular weight is 242 g/mol. The molecule has 0 heterocycles. The van der Waals surface area contributed by atoms with Crippen molar-refractivity contribution in [2.75, 3.05) is 0 Å². The molecule has 80 valence electrons. The average Bonchev–Trinajstić information content (AvgIpc) is 2.10. The number of hydrogen-bond acceptors (Lipinski definition) is 3. The number of aliphatic carboxylic acids is 1. The maximum absolute atomic E-state index is 10.9. The van der Waals surface area contributed by atoms with Crippen molar-refractivity contribution in [1.82, 2.24) is 5.32 Å². The van der Waals surface area contributed by atoms with Gasteiger partial charge in [-0.1, -0.05) is 23.2 Å². The summed E-state index contributed by atoms with van der Waals surface area (Å²) in [6.45, 7) is 0. The molecule has 0 bridgehead atoms. The Labute approximate surface area is 90.4 Å². The van der Waals surface area contributed by atoms with Crippen LogP contribution in [0.1, 0.15) is 12.8 Å². The first-order valence-electron chi connectivity index (χ1n) is 3.74. The Morgan fingerprint density at radius 3 is 2.36 bits per heavy atom. The molecule has 5 nitrogen and oxygen atoms in total. The van der Waals surface area contributed by atoms with E-state index in [1.807, 2.05) is 0 Å². The van der Waals surface area contributed by atoms with E-state index in [0.29, 0.717) is 6.29 Å². The number of nitrogens with one attached hydrogen (secondary N) is 1. The summed E-state index contributed by atoms with van der Waals surface area (Å²) < 4.78 is 0. The monoisotopic (exact) mass is 241 g/mol. The standard InChI is InChI=1S/C7H9Cl2NO4/c8-5(9)6(12)10-4(7(13)14)2-1-3-11/h3-5H,1-2H2,(H,10,12)(H,13,14). The molecule has 0 aliphatic heterocycles. The van der Waals surface area contributed by atoms with E-state index >= 15 is 0 Å². The summed E-state index contributed by atoms with van der Waals surface area (Å²) in [5, 5.41) is 10.7. The zero-order valence-electron chi connectivity index (χ0n) is 7.07. The highest BCUT2D eigenvalue weighted by Gasteiger charge is 2.22. The van der Waals surface area contributed by atoms with Gasteiger partial charge in [-0.15, -0.1) is 0 Å². The van der Waals surface area contributed by atoms with Crippen molar-refractivity contribution in [3.05, 3.63) is 0 Å². The minimum atomic E-state index is -1.31. The molecule has 0 aromatic heterocycles. The second kappa shape index (κ2) is 6.62. The van der Waals surface area contributed by atoms with Gasteiger partial charge in [-0.05, 0) is 6.42 Å². The Kier molecular flexibility index (Phi) is 6.23. The number of halogens is 2. The van der Waals surface area contributed by atoms with E-state index in [0.717, 1.165) is 0 Å². The van der Waals surface area contributed by atoms with E-state index in [4.69, 9.17) is 28.3 Å². The highest BCUT2D eigenvalue weighted by atomic mass is 35.5. The minimum absolute atomic E-state index is 0.0189. The molecule has 1 atom stereocenters. The molecule has 0 radical (unpaired) electrons. The van der Waals surface area contributed by atoms with Crippen LogP contribution in [0.15, 0.2) is 0 Å². The number of carboxylic acid groups (broad SMARTS) is 1. The quantitative estimate of drug-likeness (QED) is 0.519. The van der Waals surface area contributed by atoms with Crippen molar-refractivity contribution in [1.29, 1.82) is 0 Å². The van der Waals surface area contributed by atoms with Crippen LogP contribution < -0.4 is 5.32 Å². The molecule has 1 unspecified atom stereocenters. The van der Waals surface area contributed by atoms with Gasteiger partial charge in [0.1, 0.15) is 12.3 Å². The fraction of sp³-hybridized carbons (Fsp3) is 0.571. The smallest absolute Gasteiger partial charge is 0.326 e. The van der Waals surface area contributed by atoms with Gasteiger partial charge in [0.05, 0.1) is 0 Å². The van der Waals surface area contributed by atoms with Crippen molar-refractivity contribution in [2.24, 2.45) is 0 Å². The van der Waals surface area contributed by atoms with E-state index in [2.05, 4.69) is 5.32 Å². The van der Waals surface area contributed by atoms with Crippen molar-refractivity contribution in [3.8, 4) is 0 Å². The van der Waals surface area contributed by atoms with Gasteiger partial charge in [0.15, 0.2) is 4.84 Å². The normalized spacial score (nSPS) is 12.2. The van der Waals surface area contributed by atoms with Gasteiger partial charge in [-0.3, -0.25) is 4.79 Å². The number of carbonyl (C=O) groups excluding carboxylic acids is 2. The first kappa shape index (κ1) is 13.2. The molecule has 2 N–H and O–H groups in total. The van der Waals surface area contributed by atoms with Crippen molar-refractivity contribution >= 4 is 41.4 Å². The molecular weight excluding hydrogens is 233 g/mol. The number of amides is 1. The first-order chi connectivity index (χ1) is 6.49. The minimum Gasteiger partial charge on any atom is -0.480 e. The molecule has 1 amide bonds. The molecule has 0 aromatic carbocycles. The van der Waals surface area contributed by atoms with Crippen LogP contribution in [0.4, 0.5) is 0 Å². The number of carbonyl (C=O) groups is 3. The third-order valence-corrected chi connectivity index (χ3v) is 1.78. The van der Waals surface area contributed by atoms with Gasteiger partial charge >= 0.3 is 5.97 Å². The summed E-state index contributed by atoms with van der Waals surface area (Å²) in [6, 6.07) is -1.13. The number of alkyl halides is 2. The molecular formula is C7H9Cl2NO4. The lowest BCUT2D eigenvalue weighted by Gasteiger charge is -2.13. The lowest BCUT2D eigenvalue weighted by atomic mass is 10.1. The van der Waals surface area contributed by atoms with Gasteiger partial charge in [0, 0.05) is 6.42 Å². The number of aldehydes is 1. The second-order valence-corrected chi connectivity index (χ2v) is 3.54. The number of hydrogen-bond donors (Lipinski definition) is 2. The molecule has 0 rings (SSSR count). The highest BCUT2D eigenvalue weighted by Crippen LogP contribution is 2.03. The van der Waals surface area contributed by atoms with Crippen LogP contribution in [-0.4, -0.2) is 34.1 Å². The maximum Gasteiger partial charge on any atom is 0.326 e. The lowest BCUT2D eigenvalue weighted by molar-refractivity contribution is -0.141. The molecule has 14 heavy (non-hydrogen) atoms. The SMILES string of the molecule is O=CCCC(NC(=O)C(Cl)Cl)C(=O)O. The van der Waals surface area contributed by atoms with Gasteiger partial charge in [-0.25, -0.2) is 4.79 Å². The molecule has 0 aromatic rings. The summed E-state index contributed by atoms with van der Waals surface area (Å²) in [5.41, 5.74) is 0. The van der Waals surface area contributed by atoms with Crippen molar-refractivity contribution in [3.63, 3.8) is 0 Å². The van der Waals surface area contributed by atoms with Crippen LogP contribution in [-0.2, 0) is 14.4 Å². The van der Waals surface area contributed by atoms with Crippen LogP contribution in [0.3, 0.4) is 0 Å². The van der Waals surface area contributed by atoms with Crippen LogP contribution in [0.25, 0.3) is 0 Å².